The van der Waals surface area contributed by atoms with E-state index in [-0.39, 0.29) is 6.10 Å². The maximum atomic E-state index is 5.55. The van der Waals surface area contributed by atoms with Crippen LogP contribution in [0.25, 0.3) is 0 Å². The first-order chi connectivity index (χ1) is 7.15. The predicted octanol–water partition coefficient (Wildman–Crippen LogP) is 1.16. The summed E-state index contributed by atoms with van der Waals surface area (Å²) in [5.41, 5.74) is 7.01. The van der Waals surface area contributed by atoms with Crippen molar-refractivity contribution in [3.8, 4) is 0 Å². The molecule has 1 heterocycles. The third kappa shape index (κ3) is 3.45. The minimum atomic E-state index is 0.129. The minimum absolute atomic E-state index is 0.129. The van der Waals surface area contributed by atoms with Crippen molar-refractivity contribution in [3.05, 3.63) is 24.0 Å². The Morgan fingerprint density at radius 1 is 1.73 bits per heavy atom. The zero-order valence-corrected chi connectivity index (χ0v) is 9.67. The minimum Gasteiger partial charge on any atom is -0.388 e. The van der Waals surface area contributed by atoms with E-state index in [0.717, 1.165) is 5.69 Å². The number of nitrogens with zero attached hydrogens (tertiary/aromatic N) is 1. The van der Waals surface area contributed by atoms with E-state index in [1.54, 1.807) is 13.3 Å². The molecule has 0 saturated carbocycles. The molecular weight excluding hydrogens is 210 g/mol. The molecule has 0 aliphatic rings. The second kappa shape index (κ2) is 5.63. The average Bonchev–Trinajstić information content (AvgIpc) is 2.26. The Morgan fingerprint density at radius 3 is 3.07 bits per heavy atom. The van der Waals surface area contributed by atoms with Crippen LogP contribution in [0.3, 0.4) is 0 Å². The number of methoxy groups -OCH3 is 1. The summed E-state index contributed by atoms with van der Waals surface area (Å²) >= 11 is 4.90. The molecule has 0 aliphatic carbocycles. The Bertz CT molecular complexity index is 343. The van der Waals surface area contributed by atoms with Crippen molar-refractivity contribution in [2.75, 3.05) is 19.0 Å². The molecule has 82 valence electrons. The van der Waals surface area contributed by atoms with Gasteiger partial charge in [0.1, 0.15) is 10.7 Å². The lowest BCUT2D eigenvalue weighted by atomic mass is 10.2. The van der Waals surface area contributed by atoms with Crippen LogP contribution in [0.5, 0.6) is 0 Å². The summed E-state index contributed by atoms with van der Waals surface area (Å²) < 4.78 is 5.13. The summed E-state index contributed by atoms with van der Waals surface area (Å²) in [5, 5.41) is 3.19. The molecule has 1 unspecified atom stereocenters. The number of anilines is 1. The van der Waals surface area contributed by atoms with E-state index in [9.17, 15) is 0 Å². The maximum Gasteiger partial charge on any atom is 0.124 e. The van der Waals surface area contributed by atoms with Gasteiger partial charge in [-0.15, -0.1) is 0 Å². The molecule has 0 fully saturated rings. The molecule has 1 aromatic heterocycles. The van der Waals surface area contributed by atoms with Gasteiger partial charge in [0.05, 0.1) is 11.8 Å². The van der Waals surface area contributed by atoms with Crippen LogP contribution in [0, 0.1) is 0 Å². The number of aromatic nitrogens is 1. The smallest absolute Gasteiger partial charge is 0.124 e. The van der Waals surface area contributed by atoms with Gasteiger partial charge in [0.2, 0.25) is 0 Å². The third-order valence-corrected chi connectivity index (χ3v) is 2.22. The van der Waals surface area contributed by atoms with Crippen LogP contribution >= 0.6 is 12.2 Å². The maximum absolute atomic E-state index is 5.55. The van der Waals surface area contributed by atoms with E-state index in [1.165, 1.54) is 0 Å². The molecule has 3 N–H and O–H groups in total. The highest BCUT2D eigenvalue weighted by molar-refractivity contribution is 7.80. The average molecular weight is 225 g/mol. The fraction of sp³-hybridized carbons (Fsp3) is 0.400. The summed E-state index contributed by atoms with van der Waals surface area (Å²) in [7, 11) is 1.67. The normalized spacial score (nSPS) is 12.1. The molecule has 1 rings (SSSR count). The Hall–Kier alpha value is -1.20. The van der Waals surface area contributed by atoms with Crippen molar-refractivity contribution >= 4 is 22.9 Å². The summed E-state index contributed by atoms with van der Waals surface area (Å²) in [4.78, 5) is 4.41. The molecule has 4 nitrogen and oxygen atoms in total. The monoisotopic (exact) mass is 225 g/mol. The molecule has 5 heteroatoms. The lowest BCUT2D eigenvalue weighted by Crippen LogP contribution is -2.21. The van der Waals surface area contributed by atoms with Crippen LogP contribution in [0.2, 0.25) is 0 Å². The van der Waals surface area contributed by atoms with E-state index >= 15 is 0 Å². The van der Waals surface area contributed by atoms with Gasteiger partial charge in [0.15, 0.2) is 0 Å². The molecular formula is C10H15N3OS. The fourth-order valence-electron chi connectivity index (χ4n) is 1.08. The topological polar surface area (TPSA) is 60.2 Å². The Morgan fingerprint density at radius 2 is 2.47 bits per heavy atom. The first kappa shape index (κ1) is 11.9. The quantitative estimate of drug-likeness (QED) is 0.736. The largest absolute Gasteiger partial charge is 0.388 e. The van der Waals surface area contributed by atoms with Gasteiger partial charge in [-0.3, -0.25) is 4.98 Å². The van der Waals surface area contributed by atoms with Crippen molar-refractivity contribution in [1.82, 2.24) is 4.98 Å². The van der Waals surface area contributed by atoms with Gasteiger partial charge in [-0.05, 0) is 19.1 Å². The van der Waals surface area contributed by atoms with Crippen molar-refractivity contribution in [1.29, 1.82) is 0 Å². The summed E-state index contributed by atoms with van der Waals surface area (Å²) in [6.45, 7) is 2.67. The Balaban J connectivity index is 2.72. The van der Waals surface area contributed by atoms with Gasteiger partial charge < -0.3 is 15.8 Å². The second-order valence-corrected chi connectivity index (χ2v) is 3.63. The Kier molecular flexibility index (Phi) is 4.45. The molecule has 0 aliphatic heterocycles. The molecule has 1 aromatic rings. The fourth-order valence-corrected chi connectivity index (χ4v) is 1.24. The number of hydrogen-bond acceptors (Lipinski definition) is 4. The van der Waals surface area contributed by atoms with Gasteiger partial charge in [-0.2, -0.15) is 0 Å². The number of pyridine rings is 1. The van der Waals surface area contributed by atoms with Crippen LogP contribution in [0.4, 0.5) is 5.69 Å². The molecule has 0 spiro atoms. The second-order valence-electron chi connectivity index (χ2n) is 3.19. The van der Waals surface area contributed by atoms with E-state index in [1.807, 2.05) is 19.1 Å². The molecule has 0 radical (unpaired) electrons. The number of hydrogen-bond donors (Lipinski definition) is 2. The Labute approximate surface area is 94.8 Å². The number of nitrogens with one attached hydrogen (secondary N) is 1. The number of nitrogens with two attached hydrogens (primary N) is 1. The van der Waals surface area contributed by atoms with E-state index in [2.05, 4.69) is 10.3 Å². The summed E-state index contributed by atoms with van der Waals surface area (Å²) in [6.07, 6.45) is 1.80. The highest BCUT2D eigenvalue weighted by atomic mass is 32.1. The highest BCUT2D eigenvalue weighted by Crippen LogP contribution is 2.11. The lowest BCUT2D eigenvalue weighted by Gasteiger charge is -2.13. The highest BCUT2D eigenvalue weighted by Gasteiger charge is 2.06. The van der Waals surface area contributed by atoms with Crippen LogP contribution in [-0.4, -0.2) is 29.7 Å². The van der Waals surface area contributed by atoms with E-state index < -0.39 is 0 Å². The third-order valence-electron chi connectivity index (χ3n) is 2.02. The number of thiocarbonyl (C=S) groups is 1. The molecule has 0 aromatic carbocycles. The van der Waals surface area contributed by atoms with Crippen molar-refractivity contribution in [2.45, 2.75) is 13.0 Å². The molecule has 15 heavy (non-hydrogen) atoms. The molecule has 0 amide bonds. The van der Waals surface area contributed by atoms with Crippen LogP contribution in [-0.2, 0) is 4.74 Å². The van der Waals surface area contributed by atoms with Crippen molar-refractivity contribution in [2.24, 2.45) is 5.73 Å². The standard InChI is InChI=1S/C10H15N3OS/c1-7(14-2)6-13-8-4-3-5-12-9(8)10(11)15/h3-5,7,13H,6H2,1-2H3,(H2,11,15). The van der Waals surface area contributed by atoms with Gasteiger partial charge in [-0.25, -0.2) is 0 Å². The zero-order chi connectivity index (χ0) is 11.3. The van der Waals surface area contributed by atoms with Gasteiger partial charge >= 0.3 is 0 Å². The first-order valence-corrected chi connectivity index (χ1v) is 5.07. The molecule has 0 saturated heterocycles. The zero-order valence-electron chi connectivity index (χ0n) is 8.86. The number of rotatable bonds is 5. The number of ether oxygens (including phenoxy) is 1. The molecule has 1 atom stereocenters. The van der Waals surface area contributed by atoms with Gasteiger partial charge in [0.25, 0.3) is 0 Å². The van der Waals surface area contributed by atoms with E-state index in [0.29, 0.717) is 17.2 Å². The summed E-state index contributed by atoms with van der Waals surface area (Å²) in [6, 6.07) is 3.73. The van der Waals surface area contributed by atoms with Crippen molar-refractivity contribution in [3.63, 3.8) is 0 Å². The van der Waals surface area contributed by atoms with Crippen LogP contribution in [0.15, 0.2) is 18.3 Å². The van der Waals surface area contributed by atoms with Crippen molar-refractivity contribution < 1.29 is 4.74 Å². The lowest BCUT2D eigenvalue weighted by molar-refractivity contribution is 0.129. The molecule has 0 bridgehead atoms. The summed E-state index contributed by atoms with van der Waals surface area (Å²) in [5.74, 6) is 0. The SMILES string of the molecule is COC(C)CNc1cccnc1C(N)=S. The van der Waals surface area contributed by atoms with E-state index in [4.69, 9.17) is 22.7 Å². The van der Waals surface area contributed by atoms with Gasteiger partial charge in [0, 0.05) is 19.9 Å². The van der Waals surface area contributed by atoms with Crippen LogP contribution < -0.4 is 11.1 Å². The predicted molar refractivity (Wildman–Crippen MR) is 65.1 cm³/mol. The first-order valence-electron chi connectivity index (χ1n) is 4.66. The van der Waals surface area contributed by atoms with Gasteiger partial charge in [-0.1, -0.05) is 12.2 Å². The van der Waals surface area contributed by atoms with Crippen LogP contribution in [0.1, 0.15) is 12.6 Å².